The molecule has 0 aliphatic carbocycles. The molecule has 0 bridgehead atoms. The van der Waals surface area contributed by atoms with Crippen LogP contribution in [0.4, 0.5) is 0 Å². The highest BCUT2D eigenvalue weighted by atomic mass is 16.2. The molecule has 0 saturated heterocycles. The smallest absolute Gasteiger partial charge is 0.0433 e. The van der Waals surface area contributed by atoms with Crippen LogP contribution in [0.2, 0.25) is 0 Å². The second kappa shape index (κ2) is 14.7. The van der Waals surface area contributed by atoms with E-state index in [1.165, 1.54) is 57.8 Å². The number of rotatable bonds is 12. The topological polar surface area (TPSA) is 20.2 Å². The fraction of sp³-hybridized carbons (Fsp3) is 0.867. The molecular weight excluding hydrogens is 196 g/mol. The van der Waals surface area contributed by atoms with E-state index >= 15 is 0 Å². The standard InChI is InChI=1S/C15H30O/c1-2-3-4-5-6-7-8-9-10-11-12-13-14-15-16/h11-12,16H,2-10,13-15H2,1H3/b12-11+. The van der Waals surface area contributed by atoms with E-state index < -0.39 is 0 Å². The van der Waals surface area contributed by atoms with E-state index in [9.17, 15) is 0 Å². The van der Waals surface area contributed by atoms with Gasteiger partial charge in [-0.3, -0.25) is 0 Å². The monoisotopic (exact) mass is 226 g/mol. The molecule has 1 nitrogen and oxygen atoms in total. The summed E-state index contributed by atoms with van der Waals surface area (Å²) in [4.78, 5) is 0. The fourth-order valence-corrected chi connectivity index (χ4v) is 1.84. The van der Waals surface area contributed by atoms with Gasteiger partial charge in [0.2, 0.25) is 0 Å². The van der Waals surface area contributed by atoms with Crippen molar-refractivity contribution in [1.29, 1.82) is 0 Å². The first-order chi connectivity index (χ1) is 7.91. The SMILES string of the molecule is CCCCCCCCCC/C=C/CCCO. The molecule has 1 heteroatoms. The van der Waals surface area contributed by atoms with Crippen LogP contribution in [0.5, 0.6) is 0 Å². The molecule has 16 heavy (non-hydrogen) atoms. The van der Waals surface area contributed by atoms with Crippen molar-refractivity contribution in [1.82, 2.24) is 0 Å². The second-order valence-electron chi connectivity index (χ2n) is 4.60. The van der Waals surface area contributed by atoms with E-state index in [-0.39, 0.29) is 0 Å². The Kier molecular flexibility index (Phi) is 14.4. The summed E-state index contributed by atoms with van der Waals surface area (Å²) in [7, 11) is 0. The molecule has 0 aromatic heterocycles. The molecule has 0 spiro atoms. The van der Waals surface area contributed by atoms with Crippen LogP contribution >= 0.6 is 0 Å². The van der Waals surface area contributed by atoms with Crippen molar-refractivity contribution in [3.8, 4) is 0 Å². The van der Waals surface area contributed by atoms with Crippen molar-refractivity contribution in [2.24, 2.45) is 0 Å². The van der Waals surface area contributed by atoms with Crippen molar-refractivity contribution in [2.75, 3.05) is 6.61 Å². The molecule has 1 N–H and O–H groups in total. The van der Waals surface area contributed by atoms with Crippen LogP contribution in [0.15, 0.2) is 12.2 Å². The van der Waals surface area contributed by atoms with Gasteiger partial charge in [0.05, 0.1) is 0 Å². The molecule has 0 unspecified atom stereocenters. The number of unbranched alkanes of at least 4 members (excludes halogenated alkanes) is 9. The van der Waals surface area contributed by atoms with Gasteiger partial charge in [-0.1, -0.05) is 64.0 Å². The maximum absolute atomic E-state index is 8.59. The average molecular weight is 226 g/mol. The van der Waals surface area contributed by atoms with Gasteiger partial charge in [0.15, 0.2) is 0 Å². The molecule has 0 aliphatic heterocycles. The predicted molar refractivity (Wildman–Crippen MR) is 72.7 cm³/mol. The summed E-state index contributed by atoms with van der Waals surface area (Å²) >= 11 is 0. The van der Waals surface area contributed by atoms with E-state index in [2.05, 4.69) is 19.1 Å². The molecule has 0 heterocycles. The van der Waals surface area contributed by atoms with Crippen LogP contribution in [0.3, 0.4) is 0 Å². The Labute approximate surface area is 102 Å². The molecular formula is C15H30O. The van der Waals surface area contributed by atoms with Gasteiger partial charge in [-0.25, -0.2) is 0 Å². The minimum atomic E-state index is 0.322. The van der Waals surface area contributed by atoms with Gasteiger partial charge in [-0.2, -0.15) is 0 Å². The number of aliphatic hydroxyl groups is 1. The minimum Gasteiger partial charge on any atom is -0.396 e. The van der Waals surface area contributed by atoms with Crippen LogP contribution in [0.25, 0.3) is 0 Å². The molecule has 0 aromatic carbocycles. The minimum absolute atomic E-state index is 0.322. The van der Waals surface area contributed by atoms with E-state index in [0.29, 0.717) is 6.61 Å². The lowest BCUT2D eigenvalue weighted by Gasteiger charge is -1.99. The lowest BCUT2D eigenvalue weighted by atomic mass is 10.1. The summed E-state index contributed by atoms with van der Waals surface area (Å²) in [6.07, 6.45) is 18.8. The van der Waals surface area contributed by atoms with Gasteiger partial charge >= 0.3 is 0 Å². The summed E-state index contributed by atoms with van der Waals surface area (Å²) < 4.78 is 0. The highest BCUT2D eigenvalue weighted by molar-refractivity contribution is 4.81. The third-order valence-electron chi connectivity index (χ3n) is 2.92. The zero-order chi connectivity index (χ0) is 11.9. The predicted octanol–water partition coefficient (Wildman–Crippen LogP) is 4.85. The molecule has 0 fully saturated rings. The lowest BCUT2D eigenvalue weighted by molar-refractivity contribution is 0.289. The molecule has 0 aromatic rings. The van der Waals surface area contributed by atoms with Crippen LogP contribution in [0, 0.1) is 0 Å². The number of aliphatic hydroxyl groups excluding tert-OH is 1. The Bertz CT molecular complexity index is 140. The van der Waals surface area contributed by atoms with Gasteiger partial charge in [0, 0.05) is 6.61 Å². The maximum Gasteiger partial charge on any atom is 0.0433 e. The maximum atomic E-state index is 8.59. The highest BCUT2D eigenvalue weighted by Crippen LogP contribution is 2.09. The molecule has 0 saturated carbocycles. The third-order valence-corrected chi connectivity index (χ3v) is 2.92. The Morgan fingerprint density at radius 2 is 1.19 bits per heavy atom. The summed E-state index contributed by atoms with van der Waals surface area (Å²) in [5.41, 5.74) is 0. The molecule has 0 rings (SSSR count). The highest BCUT2D eigenvalue weighted by Gasteiger charge is 1.90. The summed E-state index contributed by atoms with van der Waals surface area (Å²) in [5, 5.41) is 8.59. The first kappa shape index (κ1) is 15.7. The fourth-order valence-electron chi connectivity index (χ4n) is 1.84. The van der Waals surface area contributed by atoms with Gasteiger partial charge < -0.3 is 5.11 Å². The Morgan fingerprint density at radius 3 is 1.75 bits per heavy atom. The van der Waals surface area contributed by atoms with Crippen LogP contribution < -0.4 is 0 Å². The first-order valence-electron chi connectivity index (χ1n) is 7.17. The van der Waals surface area contributed by atoms with Crippen LogP contribution in [-0.2, 0) is 0 Å². The zero-order valence-corrected chi connectivity index (χ0v) is 11.1. The van der Waals surface area contributed by atoms with E-state index in [1.54, 1.807) is 0 Å². The van der Waals surface area contributed by atoms with Crippen molar-refractivity contribution in [2.45, 2.75) is 77.6 Å². The first-order valence-corrected chi connectivity index (χ1v) is 7.17. The lowest BCUT2D eigenvalue weighted by Crippen LogP contribution is -1.80. The molecule has 0 atom stereocenters. The largest absolute Gasteiger partial charge is 0.396 e. The van der Waals surface area contributed by atoms with Gasteiger partial charge in [0.25, 0.3) is 0 Å². The number of allylic oxidation sites excluding steroid dienone is 2. The normalized spacial score (nSPS) is 11.4. The average Bonchev–Trinajstić information content (AvgIpc) is 2.31. The third kappa shape index (κ3) is 13.7. The molecule has 0 radical (unpaired) electrons. The van der Waals surface area contributed by atoms with E-state index in [0.717, 1.165) is 12.8 Å². The number of hydrogen-bond acceptors (Lipinski definition) is 1. The summed E-state index contributed by atoms with van der Waals surface area (Å²) in [5.74, 6) is 0. The van der Waals surface area contributed by atoms with Gasteiger partial charge in [0.1, 0.15) is 0 Å². The Morgan fingerprint density at radius 1 is 0.688 bits per heavy atom. The molecule has 0 amide bonds. The second-order valence-corrected chi connectivity index (χ2v) is 4.60. The van der Waals surface area contributed by atoms with Crippen molar-refractivity contribution < 1.29 is 5.11 Å². The molecule has 96 valence electrons. The Hall–Kier alpha value is -0.300. The quantitative estimate of drug-likeness (QED) is 0.373. The van der Waals surface area contributed by atoms with E-state index in [4.69, 9.17) is 5.11 Å². The van der Waals surface area contributed by atoms with E-state index in [1.807, 2.05) is 0 Å². The van der Waals surface area contributed by atoms with Gasteiger partial charge in [-0.05, 0) is 25.7 Å². The van der Waals surface area contributed by atoms with Crippen molar-refractivity contribution in [3.63, 3.8) is 0 Å². The van der Waals surface area contributed by atoms with Crippen LogP contribution in [-0.4, -0.2) is 11.7 Å². The van der Waals surface area contributed by atoms with Crippen molar-refractivity contribution >= 4 is 0 Å². The Balaban J connectivity index is 2.95. The van der Waals surface area contributed by atoms with Crippen molar-refractivity contribution in [3.05, 3.63) is 12.2 Å². The molecule has 0 aliphatic rings. The van der Waals surface area contributed by atoms with Crippen LogP contribution in [0.1, 0.15) is 77.6 Å². The number of hydrogen-bond donors (Lipinski definition) is 1. The van der Waals surface area contributed by atoms with Gasteiger partial charge in [-0.15, -0.1) is 0 Å². The zero-order valence-electron chi connectivity index (χ0n) is 11.1. The summed E-state index contributed by atoms with van der Waals surface area (Å²) in [6.45, 7) is 2.59. The summed E-state index contributed by atoms with van der Waals surface area (Å²) in [6, 6.07) is 0.